The molecular formula is C15H19FN2S. The van der Waals surface area contributed by atoms with Gasteiger partial charge in [0.1, 0.15) is 5.82 Å². The molecule has 0 saturated heterocycles. The standard InChI is InChI=1S/C15H19FN2S/c1-15(7-3-2-4-8-15)10-18-13-9-11(16)5-6-12(13)17-14(18)19/h5-6,9H,2-4,7-8,10H2,1H3,(H,17,19). The van der Waals surface area contributed by atoms with E-state index in [2.05, 4.69) is 16.5 Å². The summed E-state index contributed by atoms with van der Waals surface area (Å²) in [6, 6.07) is 4.81. The van der Waals surface area contributed by atoms with Crippen molar-refractivity contribution in [2.45, 2.75) is 45.6 Å². The first-order valence-electron chi connectivity index (χ1n) is 6.96. The van der Waals surface area contributed by atoms with E-state index in [4.69, 9.17) is 12.2 Å². The number of hydrogen-bond acceptors (Lipinski definition) is 1. The number of aromatic nitrogens is 2. The number of nitrogens with one attached hydrogen (secondary N) is 1. The predicted molar refractivity (Wildman–Crippen MR) is 78.3 cm³/mol. The minimum atomic E-state index is -0.205. The van der Waals surface area contributed by atoms with Crippen LogP contribution in [0, 0.1) is 16.0 Å². The average Bonchev–Trinajstić information content (AvgIpc) is 2.67. The zero-order valence-electron chi connectivity index (χ0n) is 11.2. The van der Waals surface area contributed by atoms with Gasteiger partial charge in [-0.2, -0.15) is 0 Å². The van der Waals surface area contributed by atoms with E-state index in [9.17, 15) is 4.39 Å². The van der Waals surface area contributed by atoms with Crippen molar-refractivity contribution >= 4 is 23.3 Å². The first-order chi connectivity index (χ1) is 9.07. The maximum Gasteiger partial charge on any atom is 0.178 e. The highest BCUT2D eigenvalue weighted by molar-refractivity contribution is 7.71. The molecule has 0 spiro atoms. The number of rotatable bonds is 2. The SMILES string of the molecule is CC1(Cn2c(=S)[nH]c3ccc(F)cc32)CCCCC1. The van der Waals surface area contributed by atoms with Crippen LogP contribution >= 0.6 is 12.2 Å². The van der Waals surface area contributed by atoms with E-state index in [1.165, 1.54) is 38.2 Å². The van der Waals surface area contributed by atoms with Crippen molar-refractivity contribution in [3.05, 3.63) is 28.8 Å². The number of benzene rings is 1. The van der Waals surface area contributed by atoms with Crippen molar-refractivity contribution in [1.82, 2.24) is 9.55 Å². The Labute approximate surface area is 117 Å². The van der Waals surface area contributed by atoms with Gasteiger partial charge in [0.25, 0.3) is 0 Å². The maximum absolute atomic E-state index is 13.4. The van der Waals surface area contributed by atoms with Crippen LogP contribution < -0.4 is 0 Å². The fourth-order valence-electron chi connectivity index (χ4n) is 3.23. The smallest absolute Gasteiger partial charge is 0.178 e. The maximum atomic E-state index is 13.4. The Morgan fingerprint density at radius 3 is 2.79 bits per heavy atom. The molecule has 3 rings (SSSR count). The molecule has 1 aliphatic rings. The summed E-state index contributed by atoms with van der Waals surface area (Å²) >= 11 is 5.40. The van der Waals surface area contributed by atoms with Gasteiger partial charge in [-0.15, -0.1) is 0 Å². The highest BCUT2D eigenvalue weighted by Gasteiger charge is 2.28. The third kappa shape index (κ3) is 2.46. The zero-order valence-corrected chi connectivity index (χ0v) is 12.0. The number of fused-ring (bicyclic) bond motifs is 1. The molecule has 1 N–H and O–H groups in total. The molecule has 1 aromatic carbocycles. The summed E-state index contributed by atoms with van der Waals surface area (Å²) in [5.41, 5.74) is 2.10. The first kappa shape index (κ1) is 12.9. The van der Waals surface area contributed by atoms with E-state index in [1.54, 1.807) is 12.1 Å². The molecule has 0 amide bonds. The summed E-state index contributed by atoms with van der Waals surface area (Å²) in [5, 5.41) is 0. The molecule has 1 saturated carbocycles. The Balaban J connectivity index is 2.02. The van der Waals surface area contributed by atoms with Crippen LogP contribution in [0.5, 0.6) is 0 Å². The van der Waals surface area contributed by atoms with Gasteiger partial charge < -0.3 is 9.55 Å². The van der Waals surface area contributed by atoms with Crippen LogP contribution in [0.2, 0.25) is 0 Å². The molecule has 1 aromatic heterocycles. The summed E-state index contributed by atoms with van der Waals surface area (Å²) in [4.78, 5) is 3.17. The lowest BCUT2D eigenvalue weighted by Crippen LogP contribution is -2.26. The topological polar surface area (TPSA) is 20.7 Å². The highest BCUT2D eigenvalue weighted by Crippen LogP contribution is 2.38. The van der Waals surface area contributed by atoms with Gasteiger partial charge in [0.2, 0.25) is 0 Å². The van der Waals surface area contributed by atoms with Crippen molar-refractivity contribution < 1.29 is 4.39 Å². The lowest BCUT2D eigenvalue weighted by atomic mass is 9.75. The summed E-state index contributed by atoms with van der Waals surface area (Å²) in [7, 11) is 0. The fraction of sp³-hybridized carbons (Fsp3) is 0.533. The Morgan fingerprint density at radius 1 is 1.32 bits per heavy atom. The molecule has 1 aliphatic carbocycles. The zero-order chi connectivity index (χ0) is 13.5. The number of halogens is 1. The van der Waals surface area contributed by atoms with E-state index in [1.807, 2.05) is 0 Å². The van der Waals surface area contributed by atoms with Gasteiger partial charge in [-0.1, -0.05) is 26.2 Å². The normalized spacial score (nSPS) is 18.8. The minimum Gasteiger partial charge on any atom is -0.331 e. The predicted octanol–water partition coefficient (Wildman–Crippen LogP) is 4.81. The van der Waals surface area contributed by atoms with Crippen molar-refractivity contribution in [3.8, 4) is 0 Å². The lowest BCUT2D eigenvalue weighted by molar-refractivity contribution is 0.184. The Morgan fingerprint density at radius 2 is 2.05 bits per heavy atom. The van der Waals surface area contributed by atoms with E-state index in [0.717, 1.165) is 17.6 Å². The molecule has 102 valence electrons. The average molecular weight is 278 g/mol. The second-order valence-corrected chi connectivity index (χ2v) is 6.44. The second kappa shape index (κ2) is 4.75. The number of nitrogens with zero attached hydrogens (tertiary/aromatic N) is 1. The van der Waals surface area contributed by atoms with Gasteiger partial charge in [-0.25, -0.2) is 4.39 Å². The minimum absolute atomic E-state index is 0.205. The van der Waals surface area contributed by atoms with Crippen molar-refractivity contribution in [1.29, 1.82) is 0 Å². The van der Waals surface area contributed by atoms with Crippen LogP contribution in [-0.2, 0) is 6.54 Å². The summed E-state index contributed by atoms with van der Waals surface area (Å²) < 4.78 is 16.2. The van der Waals surface area contributed by atoms with Crippen LogP contribution in [0.15, 0.2) is 18.2 Å². The molecule has 1 heterocycles. The molecule has 2 aromatic rings. The molecule has 2 nitrogen and oxygen atoms in total. The van der Waals surface area contributed by atoms with E-state index >= 15 is 0 Å². The quantitative estimate of drug-likeness (QED) is 0.782. The lowest BCUT2D eigenvalue weighted by Gasteiger charge is -2.34. The fourth-order valence-corrected chi connectivity index (χ4v) is 3.50. The van der Waals surface area contributed by atoms with Crippen LogP contribution in [0.4, 0.5) is 4.39 Å². The first-order valence-corrected chi connectivity index (χ1v) is 7.36. The molecular weight excluding hydrogens is 259 g/mol. The Kier molecular flexibility index (Phi) is 3.21. The van der Waals surface area contributed by atoms with Gasteiger partial charge in [0, 0.05) is 6.54 Å². The number of imidazole rings is 1. The monoisotopic (exact) mass is 278 g/mol. The molecule has 0 aliphatic heterocycles. The molecule has 0 radical (unpaired) electrons. The third-order valence-corrected chi connectivity index (χ3v) is 4.66. The van der Waals surface area contributed by atoms with E-state index in [-0.39, 0.29) is 11.2 Å². The number of hydrogen-bond donors (Lipinski definition) is 1. The highest BCUT2D eigenvalue weighted by atomic mass is 32.1. The molecule has 1 fully saturated rings. The summed E-state index contributed by atoms with van der Waals surface area (Å²) in [6.45, 7) is 3.21. The van der Waals surface area contributed by atoms with Crippen molar-refractivity contribution in [2.24, 2.45) is 5.41 Å². The van der Waals surface area contributed by atoms with Crippen LogP contribution in [0.1, 0.15) is 39.0 Å². The molecule has 0 bridgehead atoms. The van der Waals surface area contributed by atoms with E-state index in [0.29, 0.717) is 4.77 Å². The molecule has 19 heavy (non-hydrogen) atoms. The molecule has 4 heteroatoms. The van der Waals surface area contributed by atoms with Gasteiger partial charge >= 0.3 is 0 Å². The third-order valence-electron chi connectivity index (χ3n) is 4.34. The summed E-state index contributed by atoms with van der Waals surface area (Å²) in [6.07, 6.45) is 6.39. The number of aromatic amines is 1. The largest absolute Gasteiger partial charge is 0.331 e. The molecule has 0 unspecified atom stereocenters. The molecule has 0 atom stereocenters. The summed E-state index contributed by atoms with van der Waals surface area (Å²) in [5.74, 6) is -0.205. The van der Waals surface area contributed by atoms with Gasteiger partial charge in [0.15, 0.2) is 4.77 Å². The van der Waals surface area contributed by atoms with Crippen LogP contribution in [-0.4, -0.2) is 9.55 Å². The van der Waals surface area contributed by atoms with Crippen LogP contribution in [0.25, 0.3) is 11.0 Å². The van der Waals surface area contributed by atoms with Gasteiger partial charge in [0.05, 0.1) is 11.0 Å². The van der Waals surface area contributed by atoms with Gasteiger partial charge in [-0.3, -0.25) is 0 Å². The van der Waals surface area contributed by atoms with Crippen molar-refractivity contribution in [2.75, 3.05) is 0 Å². The van der Waals surface area contributed by atoms with Crippen LogP contribution in [0.3, 0.4) is 0 Å². The van der Waals surface area contributed by atoms with Gasteiger partial charge in [-0.05, 0) is 48.7 Å². The van der Waals surface area contributed by atoms with Crippen molar-refractivity contribution in [3.63, 3.8) is 0 Å². The number of H-pyrrole nitrogens is 1. The Hall–Kier alpha value is -1.16. The Bertz CT molecular complexity index is 650. The van der Waals surface area contributed by atoms with E-state index < -0.39 is 0 Å². The second-order valence-electron chi connectivity index (χ2n) is 6.05.